The minimum atomic E-state index is 0.0151. The lowest BCUT2D eigenvalue weighted by Crippen LogP contribution is -2.53. The number of ether oxygens (including phenoxy) is 2. The number of morpholine rings is 1. The summed E-state index contributed by atoms with van der Waals surface area (Å²) in [5.74, 6) is 0. The lowest BCUT2D eigenvalue weighted by Gasteiger charge is -2.33. The Morgan fingerprint density at radius 2 is 2.13 bits per heavy atom. The molecule has 2 rings (SSSR count). The number of urea groups is 1. The molecule has 5 nitrogen and oxygen atoms in total. The Labute approximate surface area is 89.7 Å². The van der Waals surface area contributed by atoms with Gasteiger partial charge in [-0.15, -0.1) is 0 Å². The Morgan fingerprint density at radius 1 is 1.33 bits per heavy atom. The highest BCUT2D eigenvalue weighted by Crippen LogP contribution is 2.09. The summed E-state index contributed by atoms with van der Waals surface area (Å²) in [6, 6.07) is 0.370. The third kappa shape index (κ3) is 2.60. The molecule has 2 atom stereocenters. The third-order valence-corrected chi connectivity index (χ3v) is 2.89. The van der Waals surface area contributed by atoms with Crippen molar-refractivity contribution in [3.05, 3.63) is 0 Å². The van der Waals surface area contributed by atoms with Crippen LogP contribution in [0.4, 0.5) is 4.79 Å². The van der Waals surface area contributed by atoms with Crippen LogP contribution in [0, 0.1) is 0 Å². The van der Waals surface area contributed by atoms with Crippen molar-refractivity contribution in [3.63, 3.8) is 0 Å². The van der Waals surface area contributed by atoms with Gasteiger partial charge in [0, 0.05) is 13.2 Å². The van der Waals surface area contributed by atoms with Crippen LogP contribution < -0.4 is 5.32 Å². The van der Waals surface area contributed by atoms with E-state index in [1.165, 1.54) is 0 Å². The monoisotopic (exact) mass is 214 g/mol. The van der Waals surface area contributed by atoms with Gasteiger partial charge in [-0.05, 0) is 13.3 Å². The number of amides is 2. The zero-order chi connectivity index (χ0) is 10.7. The number of hydrogen-bond donors (Lipinski definition) is 1. The van der Waals surface area contributed by atoms with Gasteiger partial charge in [0.1, 0.15) is 0 Å². The Morgan fingerprint density at radius 3 is 2.80 bits per heavy atom. The van der Waals surface area contributed by atoms with Crippen LogP contribution in [0.2, 0.25) is 0 Å². The first-order valence-corrected chi connectivity index (χ1v) is 5.50. The van der Waals surface area contributed by atoms with Crippen molar-refractivity contribution in [2.24, 2.45) is 0 Å². The molecule has 2 saturated heterocycles. The van der Waals surface area contributed by atoms with Crippen molar-refractivity contribution in [2.75, 3.05) is 33.0 Å². The molecule has 0 bridgehead atoms. The number of hydrogen-bond acceptors (Lipinski definition) is 3. The van der Waals surface area contributed by atoms with Gasteiger partial charge >= 0.3 is 6.03 Å². The molecule has 2 fully saturated rings. The van der Waals surface area contributed by atoms with Crippen molar-refractivity contribution in [3.8, 4) is 0 Å². The van der Waals surface area contributed by atoms with Crippen molar-refractivity contribution in [1.82, 2.24) is 10.2 Å². The van der Waals surface area contributed by atoms with Crippen LogP contribution in [0.25, 0.3) is 0 Å². The topological polar surface area (TPSA) is 50.8 Å². The summed E-state index contributed by atoms with van der Waals surface area (Å²) in [5, 5.41) is 2.99. The summed E-state index contributed by atoms with van der Waals surface area (Å²) in [7, 11) is 0. The molecular formula is C10H18N2O3. The van der Waals surface area contributed by atoms with E-state index < -0.39 is 0 Å². The fraction of sp³-hybridized carbons (Fsp3) is 0.900. The van der Waals surface area contributed by atoms with Crippen LogP contribution >= 0.6 is 0 Å². The molecule has 2 heterocycles. The molecule has 0 radical (unpaired) electrons. The fourth-order valence-electron chi connectivity index (χ4n) is 1.93. The standard InChI is InChI=1S/C10H18N2O3/c1-8-6-15-5-3-12(8)10(13)11-9-2-4-14-7-9/h8-9H,2-7H2,1H3,(H,11,13). The number of nitrogens with zero attached hydrogens (tertiary/aromatic N) is 1. The van der Waals surface area contributed by atoms with E-state index >= 15 is 0 Å². The number of carbonyl (C=O) groups is 1. The maximum atomic E-state index is 11.9. The second-order valence-electron chi connectivity index (χ2n) is 4.13. The summed E-state index contributed by atoms with van der Waals surface area (Å²) in [5.41, 5.74) is 0. The Balaban J connectivity index is 1.83. The Bertz CT molecular complexity index is 229. The molecule has 0 spiro atoms. The number of carbonyl (C=O) groups excluding carboxylic acids is 1. The molecule has 0 aliphatic carbocycles. The first-order chi connectivity index (χ1) is 7.27. The zero-order valence-corrected chi connectivity index (χ0v) is 9.07. The minimum Gasteiger partial charge on any atom is -0.379 e. The molecule has 2 aliphatic heterocycles. The van der Waals surface area contributed by atoms with Crippen LogP contribution in [0.3, 0.4) is 0 Å². The van der Waals surface area contributed by atoms with Gasteiger partial charge in [-0.1, -0.05) is 0 Å². The lowest BCUT2D eigenvalue weighted by atomic mass is 10.2. The van der Waals surface area contributed by atoms with E-state index in [-0.39, 0.29) is 18.1 Å². The van der Waals surface area contributed by atoms with Crippen LogP contribution in [-0.4, -0.2) is 56.0 Å². The molecule has 0 saturated carbocycles. The van der Waals surface area contributed by atoms with Gasteiger partial charge in [0.05, 0.1) is 31.9 Å². The predicted molar refractivity (Wildman–Crippen MR) is 54.7 cm³/mol. The molecule has 2 unspecified atom stereocenters. The molecule has 15 heavy (non-hydrogen) atoms. The molecule has 0 aromatic carbocycles. The molecule has 2 amide bonds. The van der Waals surface area contributed by atoms with Crippen LogP contribution in [0.1, 0.15) is 13.3 Å². The average molecular weight is 214 g/mol. The smallest absolute Gasteiger partial charge is 0.318 e. The van der Waals surface area contributed by atoms with Gasteiger partial charge in [-0.2, -0.15) is 0 Å². The van der Waals surface area contributed by atoms with E-state index in [9.17, 15) is 4.79 Å². The normalized spacial score (nSPS) is 31.7. The van der Waals surface area contributed by atoms with Crippen molar-refractivity contribution >= 4 is 6.03 Å². The fourth-order valence-corrected chi connectivity index (χ4v) is 1.93. The van der Waals surface area contributed by atoms with Gasteiger partial charge in [0.2, 0.25) is 0 Å². The van der Waals surface area contributed by atoms with E-state index in [4.69, 9.17) is 9.47 Å². The first kappa shape index (κ1) is 10.7. The van der Waals surface area contributed by atoms with Gasteiger partial charge in [-0.3, -0.25) is 0 Å². The highest BCUT2D eigenvalue weighted by molar-refractivity contribution is 5.75. The molecule has 0 aromatic heterocycles. The van der Waals surface area contributed by atoms with Gasteiger partial charge in [0.15, 0.2) is 0 Å². The minimum absolute atomic E-state index is 0.0151. The van der Waals surface area contributed by atoms with Gasteiger partial charge < -0.3 is 19.7 Å². The highest BCUT2D eigenvalue weighted by Gasteiger charge is 2.26. The molecular weight excluding hydrogens is 196 g/mol. The summed E-state index contributed by atoms with van der Waals surface area (Å²) in [4.78, 5) is 13.7. The summed E-state index contributed by atoms with van der Waals surface area (Å²) >= 11 is 0. The van der Waals surface area contributed by atoms with E-state index in [1.807, 2.05) is 11.8 Å². The van der Waals surface area contributed by atoms with Crippen LogP contribution in [-0.2, 0) is 9.47 Å². The Kier molecular flexibility index (Phi) is 3.43. The maximum Gasteiger partial charge on any atom is 0.318 e. The van der Waals surface area contributed by atoms with Crippen molar-refractivity contribution in [1.29, 1.82) is 0 Å². The third-order valence-electron chi connectivity index (χ3n) is 2.89. The quantitative estimate of drug-likeness (QED) is 0.678. The average Bonchev–Trinajstić information content (AvgIpc) is 2.71. The van der Waals surface area contributed by atoms with E-state index in [0.717, 1.165) is 13.0 Å². The largest absolute Gasteiger partial charge is 0.379 e. The molecule has 5 heteroatoms. The summed E-state index contributed by atoms with van der Waals surface area (Å²) < 4.78 is 10.5. The van der Waals surface area contributed by atoms with E-state index in [2.05, 4.69) is 5.32 Å². The first-order valence-electron chi connectivity index (χ1n) is 5.50. The Hall–Kier alpha value is -0.810. The van der Waals surface area contributed by atoms with Crippen molar-refractivity contribution in [2.45, 2.75) is 25.4 Å². The van der Waals surface area contributed by atoms with Crippen LogP contribution in [0.5, 0.6) is 0 Å². The highest BCUT2D eigenvalue weighted by atomic mass is 16.5. The molecule has 1 N–H and O–H groups in total. The lowest BCUT2D eigenvalue weighted by molar-refractivity contribution is 0.0183. The van der Waals surface area contributed by atoms with Gasteiger partial charge in [-0.25, -0.2) is 4.79 Å². The molecule has 0 aromatic rings. The second kappa shape index (κ2) is 4.81. The zero-order valence-electron chi connectivity index (χ0n) is 9.07. The van der Waals surface area contributed by atoms with Gasteiger partial charge in [0.25, 0.3) is 0 Å². The van der Waals surface area contributed by atoms with E-state index in [0.29, 0.717) is 26.4 Å². The second-order valence-corrected chi connectivity index (χ2v) is 4.13. The van der Waals surface area contributed by atoms with E-state index in [1.54, 1.807) is 0 Å². The van der Waals surface area contributed by atoms with Crippen LogP contribution in [0.15, 0.2) is 0 Å². The molecule has 86 valence electrons. The number of nitrogens with one attached hydrogen (secondary N) is 1. The summed E-state index contributed by atoms with van der Waals surface area (Å²) in [6.07, 6.45) is 0.921. The summed E-state index contributed by atoms with van der Waals surface area (Å²) in [6.45, 7) is 5.35. The number of rotatable bonds is 1. The maximum absolute atomic E-state index is 11.9. The SMILES string of the molecule is CC1COCCN1C(=O)NC1CCOC1. The predicted octanol–water partition coefficient (Wildman–Crippen LogP) is 0.206. The van der Waals surface area contributed by atoms with Crippen molar-refractivity contribution < 1.29 is 14.3 Å². The molecule has 2 aliphatic rings.